The lowest BCUT2D eigenvalue weighted by Gasteiger charge is -2.24. The number of fused-ring (bicyclic) bond motifs is 10. The monoisotopic (exact) mass is 396 g/mol. The Bertz CT molecular complexity index is 687. The van der Waals surface area contributed by atoms with Crippen LogP contribution in [0.25, 0.3) is 0 Å². The Labute approximate surface area is 171 Å². The largest absolute Gasteiger partial charge is 0.378 e. The van der Waals surface area contributed by atoms with Gasteiger partial charge in [0.2, 0.25) is 0 Å². The van der Waals surface area contributed by atoms with Gasteiger partial charge < -0.3 is 24.3 Å². The van der Waals surface area contributed by atoms with E-state index in [1.165, 1.54) is 22.7 Å². The van der Waals surface area contributed by atoms with Gasteiger partial charge in [-0.05, 0) is 24.3 Å². The van der Waals surface area contributed by atoms with Crippen molar-refractivity contribution in [3.63, 3.8) is 0 Å². The maximum Gasteiger partial charge on any atom is 0.0905 e. The van der Waals surface area contributed by atoms with Gasteiger partial charge in [-0.2, -0.15) is 11.8 Å². The van der Waals surface area contributed by atoms with Gasteiger partial charge >= 0.3 is 0 Å². The molecule has 28 heavy (non-hydrogen) atoms. The fraction of sp³-hybridized carbons (Fsp3) is 0.455. The van der Waals surface area contributed by atoms with Crippen molar-refractivity contribution < 1.29 is 4.74 Å². The number of benzene rings is 2. The van der Waals surface area contributed by atoms with Crippen LogP contribution < -0.4 is 19.6 Å². The molecule has 1 saturated heterocycles. The van der Waals surface area contributed by atoms with Crippen LogP contribution in [0.3, 0.4) is 0 Å². The van der Waals surface area contributed by atoms with E-state index >= 15 is 0 Å². The predicted octanol–water partition coefficient (Wildman–Crippen LogP) is 3.32. The highest BCUT2D eigenvalue weighted by atomic mass is 32.2. The van der Waals surface area contributed by atoms with Crippen molar-refractivity contribution >= 4 is 34.5 Å². The van der Waals surface area contributed by atoms with Crippen molar-refractivity contribution in [2.45, 2.75) is 0 Å². The first-order chi connectivity index (χ1) is 13.9. The van der Waals surface area contributed by atoms with Crippen LogP contribution in [0.15, 0.2) is 48.5 Å². The number of hydrogen-bond donors (Lipinski definition) is 0. The minimum Gasteiger partial charge on any atom is -0.378 e. The number of ether oxygens (including phenoxy) is 1. The molecule has 3 aliphatic rings. The van der Waals surface area contributed by atoms with Crippen molar-refractivity contribution in [3.8, 4) is 0 Å². The van der Waals surface area contributed by atoms with Gasteiger partial charge in [0, 0.05) is 37.7 Å². The van der Waals surface area contributed by atoms with Crippen molar-refractivity contribution in [1.29, 1.82) is 0 Å². The van der Waals surface area contributed by atoms with Crippen molar-refractivity contribution in [3.05, 3.63) is 48.5 Å². The summed E-state index contributed by atoms with van der Waals surface area (Å²) in [5.74, 6) is 2.33. The summed E-state index contributed by atoms with van der Waals surface area (Å²) in [5, 5.41) is 0. The lowest BCUT2D eigenvalue weighted by Crippen LogP contribution is -2.36. The second-order valence-corrected chi connectivity index (χ2v) is 8.76. The third kappa shape index (κ3) is 3.51. The molecule has 5 rings (SSSR count). The summed E-state index contributed by atoms with van der Waals surface area (Å²) in [4.78, 5) is 9.94. The summed E-state index contributed by atoms with van der Waals surface area (Å²) in [7, 11) is 0. The molecule has 0 aromatic heterocycles. The molecule has 0 aliphatic carbocycles. The van der Waals surface area contributed by atoms with Crippen LogP contribution in [0.1, 0.15) is 0 Å². The predicted molar refractivity (Wildman–Crippen MR) is 120 cm³/mol. The quantitative estimate of drug-likeness (QED) is 0.677. The lowest BCUT2D eigenvalue weighted by molar-refractivity contribution is 0.146. The molecule has 0 N–H and O–H groups in total. The second-order valence-electron chi connectivity index (χ2n) is 7.54. The highest BCUT2D eigenvalue weighted by Crippen LogP contribution is 2.36. The number of thioether (sulfide) groups is 1. The van der Waals surface area contributed by atoms with E-state index in [0.29, 0.717) is 0 Å². The number of para-hydroxylation sites is 4. The second kappa shape index (κ2) is 8.13. The first-order valence-electron chi connectivity index (χ1n) is 10.2. The molecular weight excluding hydrogens is 368 g/mol. The van der Waals surface area contributed by atoms with E-state index in [0.717, 1.165) is 64.2 Å². The average Bonchev–Trinajstić information content (AvgIpc) is 3.26. The molecule has 1 fully saturated rings. The number of nitrogens with zero attached hydrogens (tertiary/aromatic N) is 4. The van der Waals surface area contributed by atoms with E-state index in [4.69, 9.17) is 4.74 Å². The van der Waals surface area contributed by atoms with Gasteiger partial charge in [-0.25, -0.2) is 0 Å². The topological polar surface area (TPSA) is 22.2 Å². The van der Waals surface area contributed by atoms with Crippen LogP contribution in [0.4, 0.5) is 22.7 Å². The zero-order valence-corrected chi connectivity index (χ0v) is 17.1. The van der Waals surface area contributed by atoms with E-state index < -0.39 is 0 Å². The van der Waals surface area contributed by atoms with E-state index in [2.05, 4.69) is 79.9 Å². The van der Waals surface area contributed by atoms with E-state index in [-0.39, 0.29) is 0 Å². The Hall–Kier alpha value is -2.05. The molecule has 2 aromatic rings. The molecule has 6 heteroatoms. The number of hydrogen-bond acceptors (Lipinski definition) is 6. The number of rotatable bonds is 0. The summed E-state index contributed by atoms with van der Waals surface area (Å²) in [5.41, 5.74) is 5.44. The maximum absolute atomic E-state index is 6.04. The van der Waals surface area contributed by atoms with Gasteiger partial charge in [0.05, 0.1) is 49.3 Å². The van der Waals surface area contributed by atoms with Gasteiger partial charge in [-0.3, -0.25) is 0 Å². The van der Waals surface area contributed by atoms with Crippen LogP contribution in [0, 0.1) is 0 Å². The smallest absolute Gasteiger partial charge is 0.0905 e. The molecule has 5 nitrogen and oxygen atoms in total. The van der Waals surface area contributed by atoms with E-state index in [1.54, 1.807) is 0 Å². The summed E-state index contributed by atoms with van der Waals surface area (Å²) in [6.07, 6.45) is 0. The third-order valence-electron chi connectivity index (χ3n) is 5.83. The average molecular weight is 397 g/mol. The van der Waals surface area contributed by atoms with Gasteiger partial charge in [-0.1, -0.05) is 24.3 Å². The normalized spacial score (nSPS) is 20.3. The standard InChI is InChI=1S/C22H28N4OS/c1-3-7-21-19(5-1)23-9-13-27-14-10-24-18-26(22-8-4-2-6-20(22)24)12-16-28-15-11-25(21)17-23/h1-8H,9-18H2. The first kappa shape index (κ1) is 18.0. The Morgan fingerprint density at radius 2 is 0.964 bits per heavy atom. The lowest BCUT2D eigenvalue weighted by atomic mass is 10.2. The third-order valence-corrected chi connectivity index (χ3v) is 6.77. The molecular formula is C22H28N4OS. The fourth-order valence-electron chi connectivity index (χ4n) is 4.38. The van der Waals surface area contributed by atoms with Crippen LogP contribution >= 0.6 is 11.8 Å². The van der Waals surface area contributed by atoms with Crippen LogP contribution in [-0.2, 0) is 4.74 Å². The van der Waals surface area contributed by atoms with Crippen molar-refractivity contribution in [2.75, 3.05) is 83.8 Å². The molecule has 3 heterocycles. The molecule has 0 saturated carbocycles. The SMILES string of the molecule is c1ccc2c(c1)N1CCOCCN3CN(CCSCCN2C1)c1ccccc13. The molecule has 148 valence electrons. The fourth-order valence-corrected chi connectivity index (χ4v) is 5.29. The summed E-state index contributed by atoms with van der Waals surface area (Å²) in [6, 6.07) is 17.6. The van der Waals surface area contributed by atoms with Gasteiger partial charge in [0.25, 0.3) is 0 Å². The van der Waals surface area contributed by atoms with Gasteiger partial charge in [0.1, 0.15) is 0 Å². The zero-order chi connectivity index (χ0) is 18.8. The van der Waals surface area contributed by atoms with E-state index in [1.807, 2.05) is 0 Å². The summed E-state index contributed by atoms with van der Waals surface area (Å²) >= 11 is 2.07. The van der Waals surface area contributed by atoms with Gasteiger partial charge in [0.15, 0.2) is 0 Å². The molecule has 0 unspecified atom stereocenters. The minimum atomic E-state index is 0.774. The molecule has 2 aromatic carbocycles. The molecule has 0 spiro atoms. The van der Waals surface area contributed by atoms with Crippen LogP contribution in [-0.4, -0.2) is 64.2 Å². The van der Waals surface area contributed by atoms with Crippen LogP contribution in [0.5, 0.6) is 0 Å². The van der Waals surface area contributed by atoms with Crippen molar-refractivity contribution in [2.24, 2.45) is 0 Å². The Morgan fingerprint density at radius 3 is 1.39 bits per heavy atom. The Balaban J connectivity index is 1.29. The molecule has 4 bridgehead atoms. The molecule has 0 amide bonds. The van der Waals surface area contributed by atoms with Crippen molar-refractivity contribution in [1.82, 2.24) is 0 Å². The van der Waals surface area contributed by atoms with Crippen LogP contribution in [0.2, 0.25) is 0 Å². The highest BCUT2D eigenvalue weighted by molar-refractivity contribution is 7.99. The Kier molecular flexibility index (Phi) is 5.23. The van der Waals surface area contributed by atoms with E-state index in [9.17, 15) is 0 Å². The minimum absolute atomic E-state index is 0.774. The summed E-state index contributed by atoms with van der Waals surface area (Å²) in [6.45, 7) is 7.60. The zero-order valence-electron chi connectivity index (χ0n) is 16.3. The number of anilines is 4. The molecule has 3 aliphatic heterocycles. The maximum atomic E-state index is 6.04. The highest BCUT2D eigenvalue weighted by Gasteiger charge is 2.26. The van der Waals surface area contributed by atoms with Gasteiger partial charge in [-0.15, -0.1) is 0 Å². The summed E-state index contributed by atoms with van der Waals surface area (Å²) < 4.78 is 6.04. The Morgan fingerprint density at radius 1 is 0.571 bits per heavy atom. The molecule has 0 atom stereocenters. The molecule has 0 radical (unpaired) electrons. The first-order valence-corrected chi connectivity index (χ1v) is 11.4.